The summed E-state index contributed by atoms with van der Waals surface area (Å²) in [6, 6.07) is 2.74. The number of halogens is 3. The minimum Gasteiger partial charge on any atom is -0.345 e. The van der Waals surface area contributed by atoms with E-state index in [4.69, 9.17) is 0 Å². The fourth-order valence-electron chi connectivity index (χ4n) is 2.28. The molecule has 2 amide bonds. The molecule has 134 valence electrons. The highest BCUT2D eigenvalue weighted by Gasteiger charge is 2.19. The number of nitrogens with one attached hydrogen (secondary N) is 2. The Hall–Kier alpha value is -2.84. The summed E-state index contributed by atoms with van der Waals surface area (Å²) in [5, 5.41) is 8.63. The van der Waals surface area contributed by atoms with Gasteiger partial charge in [0.2, 0.25) is 11.8 Å². The summed E-state index contributed by atoms with van der Waals surface area (Å²) in [5.74, 6) is -5.79. The lowest BCUT2D eigenvalue weighted by molar-refractivity contribution is -0.126. The number of hydrogen-bond acceptors (Lipinski definition) is 3. The summed E-state index contributed by atoms with van der Waals surface area (Å²) < 4.78 is 41.0. The molecule has 2 rings (SSSR count). The maximum Gasteiger partial charge on any atom is 0.245 e. The molecule has 6 nitrogen and oxygen atoms in total. The average Bonchev–Trinajstić information content (AvgIpc) is 2.90. The van der Waals surface area contributed by atoms with Gasteiger partial charge in [0.15, 0.2) is 17.5 Å². The van der Waals surface area contributed by atoms with E-state index in [-0.39, 0.29) is 0 Å². The van der Waals surface area contributed by atoms with Gasteiger partial charge in [0, 0.05) is 5.69 Å². The quantitative estimate of drug-likeness (QED) is 0.809. The van der Waals surface area contributed by atoms with Crippen LogP contribution in [0.15, 0.2) is 18.2 Å². The van der Waals surface area contributed by atoms with E-state index in [0.717, 1.165) is 17.5 Å². The Labute approximate surface area is 142 Å². The van der Waals surface area contributed by atoms with E-state index in [2.05, 4.69) is 15.7 Å². The number of carbonyl (C=O) groups excluding carboxylic acids is 2. The highest BCUT2D eigenvalue weighted by molar-refractivity contribution is 5.95. The van der Waals surface area contributed by atoms with E-state index in [1.54, 1.807) is 20.8 Å². The van der Waals surface area contributed by atoms with Crippen molar-refractivity contribution >= 4 is 17.5 Å². The SMILES string of the molecule is Cc1cc(C)n(C(C)C(=O)NCC(=O)Nc2ccc(F)c(F)c2F)n1. The standard InChI is InChI=1S/C16H17F3N4O2/c1-8-6-9(2)23(22-8)10(3)16(25)20-7-13(24)21-12-5-4-11(17)14(18)15(12)19/h4-6,10H,7H2,1-3H3,(H,20,25)(H,21,24). The first-order valence-corrected chi connectivity index (χ1v) is 7.44. The molecule has 0 spiro atoms. The van der Waals surface area contributed by atoms with Crippen molar-refractivity contribution in [1.82, 2.24) is 15.1 Å². The minimum atomic E-state index is -1.68. The zero-order valence-electron chi connectivity index (χ0n) is 13.9. The van der Waals surface area contributed by atoms with Crippen molar-refractivity contribution in [3.8, 4) is 0 Å². The van der Waals surface area contributed by atoms with Crippen LogP contribution in [0.4, 0.5) is 18.9 Å². The molecule has 2 N–H and O–H groups in total. The van der Waals surface area contributed by atoms with Gasteiger partial charge in [-0.15, -0.1) is 0 Å². The molecule has 1 aromatic carbocycles. The number of anilines is 1. The largest absolute Gasteiger partial charge is 0.345 e. The van der Waals surface area contributed by atoms with E-state index >= 15 is 0 Å². The summed E-state index contributed by atoms with van der Waals surface area (Å²) in [5.41, 5.74) is 1.03. The summed E-state index contributed by atoms with van der Waals surface area (Å²) in [7, 11) is 0. The molecule has 25 heavy (non-hydrogen) atoms. The highest BCUT2D eigenvalue weighted by atomic mass is 19.2. The number of benzene rings is 1. The Morgan fingerprint density at radius 1 is 1.20 bits per heavy atom. The molecule has 0 bridgehead atoms. The first-order valence-electron chi connectivity index (χ1n) is 7.44. The molecule has 0 fully saturated rings. The van der Waals surface area contributed by atoms with Crippen LogP contribution >= 0.6 is 0 Å². The maximum atomic E-state index is 13.5. The molecule has 0 aliphatic rings. The van der Waals surface area contributed by atoms with Crippen LogP contribution in [-0.2, 0) is 9.59 Å². The topological polar surface area (TPSA) is 76.0 Å². The van der Waals surface area contributed by atoms with Gasteiger partial charge < -0.3 is 10.6 Å². The molecule has 0 saturated carbocycles. The van der Waals surface area contributed by atoms with Crippen LogP contribution in [0.3, 0.4) is 0 Å². The monoisotopic (exact) mass is 354 g/mol. The second-order valence-electron chi connectivity index (χ2n) is 5.54. The number of nitrogens with zero attached hydrogens (tertiary/aromatic N) is 2. The Balaban J connectivity index is 1.95. The molecule has 9 heteroatoms. The van der Waals surface area contributed by atoms with E-state index in [9.17, 15) is 22.8 Å². The van der Waals surface area contributed by atoms with Crippen LogP contribution in [0, 0.1) is 31.3 Å². The lowest BCUT2D eigenvalue weighted by atomic mass is 10.2. The van der Waals surface area contributed by atoms with Gasteiger partial charge in [0.1, 0.15) is 6.04 Å². The molecule has 0 aliphatic heterocycles. The van der Waals surface area contributed by atoms with Crippen LogP contribution in [0.1, 0.15) is 24.4 Å². The number of hydrogen-bond donors (Lipinski definition) is 2. The van der Waals surface area contributed by atoms with Gasteiger partial charge in [-0.05, 0) is 39.0 Å². The highest BCUT2D eigenvalue weighted by Crippen LogP contribution is 2.19. The van der Waals surface area contributed by atoms with Crippen LogP contribution in [-0.4, -0.2) is 28.1 Å². The molecule has 1 atom stereocenters. The van der Waals surface area contributed by atoms with E-state index in [1.807, 2.05) is 6.07 Å². The molecule has 1 heterocycles. The fraction of sp³-hybridized carbons (Fsp3) is 0.312. The van der Waals surface area contributed by atoms with Crippen molar-refractivity contribution in [3.05, 3.63) is 47.0 Å². The lowest BCUT2D eigenvalue weighted by Crippen LogP contribution is -2.37. The van der Waals surface area contributed by atoms with Gasteiger partial charge in [0.25, 0.3) is 0 Å². The molecular weight excluding hydrogens is 337 g/mol. The van der Waals surface area contributed by atoms with Gasteiger partial charge >= 0.3 is 0 Å². The molecule has 1 unspecified atom stereocenters. The number of aryl methyl sites for hydroxylation is 2. The number of amides is 2. The summed E-state index contributed by atoms with van der Waals surface area (Å²) in [6.45, 7) is 4.74. The Morgan fingerprint density at radius 3 is 2.48 bits per heavy atom. The van der Waals surface area contributed by atoms with E-state index < -0.39 is 47.5 Å². The van der Waals surface area contributed by atoms with Crippen molar-refractivity contribution in [3.63, 3.8) is 0 Å². The van der Waals surface area contributed by atoms with Gasteiger partial charge in [-0.3, -0.25) is 14.3 Å². The van der Waals surface area contributed by atoms with E-state index in [1.165, 1.54) is 4.68 Å². The van der Waals surface area contributed by atoms with E-state index in [0.29, 0.717) is 6.07 Å². The van der Waals surface area contributed by atoms with Gasteiger partial charge in [-0.1, -0.05) is 0 Å². The zero-order valence-corrected chi connectivity index (χ0v) is 13.9. The smallest absolute Gasteiger partial charge is 0.245 e. The molecular formula is C16H17F3N4O2. The average molecular weight is 354 g/mol. The Bertz CT molecular complexity index is 820. The molecule has 2 aromatic rings. The van der Waals surface area contributed by atoms with Crippen molar-refractivity contribution in [2.75, 3.05) is 11.9 Å². The van der Waals surface area contributed by atoms with Crippen LogP contribution < -0.4 is 10.6 Å². The third kappa shape index (κ3) is 4.17. The van der Waals surface area contributed by atoms with Gasteiger partial charge in [0.05, 0.1) is 17.9 Å². The third-order valence-corrected chi connectivity index (χ3v) is 3.52. The second kappa shape index (κ2) is 7.37. The maximum absolute atomic E-state index is 13.5. The Kier molecular flexibility index (Phi) is 5.45. The molecule has 0 aliphatic carbocycles. The summed E-state index contributed by atoms with van der Waals surface area (Å²) in [6.07, 6.45) is 0. The minimum absolute atomic E-state index is 0.457. The van der Waals surface area contributed by atoms with Gasteiger partial charge in [-0.25, -0.2) is 13.2 Å². The molecule has 0 radical (unpaired) electrons. The van der Waals surface area contributed by atoms with Crippen LogP contribution in [0.25, 0.3) is 0 Å². The first kappa shape index (κ1) is 18.5. The van der Waals surface area contributed by atoms with Crippen LogP contribution in [0.2, 0.25) is 0 Å². The van der Waals surface area contributed by atoms with Crippen LogP contribution in [0.5, 0.6) is 0 Å². The fourth-order valence-corrected chi connectivity index (χ4v) is 2.28. The number of aromatic nitrogens is 2. The third-order valence-electron chi connectivity index (χ3n) is 3.52. The first-order chi connectivity index (χ1) is 11.7. The predicted molar refractivity (Wildman–Crippen MR) is 84.4 cm³/mol. The number of carbonyl (C=O) groups is 2. The summed E-state index contributed by atoms with van der Waals surface area (Å²) in [4.78, 5) is 23.9. The normalized spacial score (nSPS) is 11.9. The lowest BCUT2D eigenvalue weighted by Gasteiger charge is -2.14. The molecule has 1 aromatic heterocycles. The predicted octanol–water partition coefficient (Wildman–Crippen LogP) is 2.23. The number of rotatable bonds is 5. The zero-order chi connectivity index (χ0) is 18.7. The van der Waals surface area contributed by atoms with Crippen molar-refractivity contribution < 1.29 is 22.8 Å². The molecule has 0 saturated heterocycles. The Morgan fingerprint density at radius 2 is 1.88 bits per heavy atom. The van der Waals surface area contributed by atoms with Crippen molar-refractivity contribution in [2.45, 2.75) is 26.8 Å². The summed E-state index contributed by atoms with van der Waals surface area (Å²) >= 11 is 0. The second-order valence-corrected chi connectivity index (χ2v) is 5.54. The van der Waals surface area contributed by atoms with Gasteiger partial charge in [-0.2, -0.15) is 5.10 Å². The van der Waals surface area contributed by atoms with Crippen molar-refractivity contribution in [1.29, 1.82) is 0 Å². The van der Waals surface area contributed by atoms with Crippen molar-refractivity contribution in [2.24, 2.45) is 0 Å².